The predicted octanol–water partition coefficient (Wildman–Crippen LogP) is 2.35. The van der Waals surface area contributed by atoms with E-state index >= 15 is 0 Å². The summed E-state index contributed by atoms with van der Waals surface area (Å²) in [5, 5.41) is 0.802. The van der Waals surface area contributed by atoms with E-state index in [-0.39, 0.29) is 12.3 Å². The lowest BCUT2D eigenvalue weighted by Gasteiger charge is -2.07. The number of Topliss-reactive ketones (excluding diaryl/α,β-unsaturated/α-hetero) is 1. The van der Waals surface area contributed by atoms with Crippen molar-refractivity contribution in [2.75, 3.05) is 13.7 Å². The number of furan rings is 1. The summed E-state index contributed by atoms with van der Waals surface area (Å²) < 4.78 is 11.1. The number of fused-ring (bicyclic) bond motifs is 1. The summed E-state index contributed by atoms with van der Waals surface area (Å²) in [7, 11) is 1.53. The topological polar surface area (TPSA) is 65.5 Å². The number of carbonyl (C=O) groups excluding carboxylic acids is 1. The summed E-state index contributed by atoms with van der Waals surface area (Å²) >= 11 is 3.37. The molecule has 0 fully saturated rings. The highest BCUT2D eigenvalue weighted by Gasteiger charge is 2.17. The molecule has 1 heterocycles. The Morgan fingerprint density at radius 3 is 3.00 bits per heavy atom. The lowest BCUT2D eigenvalue weighted by Crippen LogP contribution is -2.14. The highest BCUT2D eigenvalue weighted by Crippen LogP contribution is 2.35. The molecule has 0 unspecified atom stereocenters. The van der Waals surface area contributed by atoms with Crippen LogP contribution in [0.1, 0.15) is 10.4 Å². The molecule has 0 atom stereocenters. The zero-order valence-electron chi connectivity index (χ0n) is 8.62. The Hall–Kier alpha value is -1.33. The Balaban J connectivity index is 2.75. The number of nitrogens with two attached hydrogens (primary N) is 1. The SMILES string of the molecule is COc1cc(C(=O)CN)c(Br)c2ccoc12. The van der Waals surface area contributed by atoms with Gasteiger partial charge in [0.2, 0.25) is 0 Å². The monoisotopic (exact) mass is 283 g/mol. The molecular weight excluding hydrogens is 274 g/mol. The maximum absolute atomic E-state index is 11.6. The molecule has 0 bridgehead atoms. The second-order valence-electron chi connectivity index (χ2n) is 3.23. The van der Waals surface area contributed by atoms with Gasteiger partial charge in [-0.3, -0.25) is 4.79 Å². The van der Waals surface area contributed by atoms with Crippen molar-refractivity contribution in [1.29, 1.82) is 0 Å². The third-order valence-corrected chi connectivity index (χ3v) is 3.20. The van der Waals surface area contributed by atoms with E-state index < -0.39 is 0 Å². The number of hydrogen-bond acceptors (Lipinski definition) is 4. The fraction of sp³-hybridized carbons (Fsp3) is 0.182. The standard InChI is InChI=1S/C11H10BrNO3/c1-15-9-4-7(8(14)5-13)10(12)6-2-3-16-11(6)9/h2-4H,5,13H2,1H3. The molecule has 4 nitrogen and oxygen atoms in total. The molecule has 0 aliphatic heterocycles. The Kier molecular flexibility index (Phi) is 2.98. The first kappa shape index (κ1) is 11.2. The molecule has 0 saturated heterocycles. The van der Waals surface area contributed by atoms with E-state index in [1.807, 2.05) is 0 Å². The highest BCUT2D eigenvalue weighted by atomic mass is 79.9. The lowest BCUT2D eigenvalue weighted by atomic mass is 10.1. The first-order valence-corrected chi connectivity index (χ1v) is 5.45. The molecule has 0 amide bonds. The van der Waals surface area contributed by atoms with Crippen molar-refractivity contribution in [3.63, 3.8) is 0 Å². The molecule has 2 aromatic rings. The lowest BCUT2D eigenvalue weighted by molar-refractivity contribution is 0.100. The average Bonchev–Trinajstić information content (AvgIpc) is 2.78. The minimum atomic E-state index is -0.145. The van der Waals surface area contributed by atoms with Gasteiger partial charge >= 0.3 is 0 Å². The van der Waals surface area contributed by atoms with Crippen molar-refractivity contribution in [2.24, 2.45) is 5.73 Å². The van der Waals surface area contributed by atoms with Crippen molar-refractivity contribution in [3.8, 4) is 5.75 Å². The van der Waals surface area contributed by atoms with Crippen LogP contribution in [0.3, 0.4) is 0 Å². The second kappa shape index (κ2) is 4.27. The van der Waals surface area contributed by atoms with E-state index in [0.717, 1.165) is 5.39 Å². The van der Waals surface area contributed by atoms with Gasteiger partial charge in [0.05, 0.1) is 19.9 Å². The van der Waals surface area contributed by atoms with Gasteiger partial charge < -0.3 is 14.9 Å². The zero-order valence-corrected chi connectivity index (χ0v) is 10.2. The van der Waals surface area contributed by atoms with Gasteiger partial charge in [0.1, 0.15) is 0 Å². The Bertz CT molecular complexity index is 547. The van der Waals surface area contributed by atoms with E-state index in [9.17, 15) is 4.79 Å². The molecule has 16 heavy (non-hydrogen) atoms. The molecule has 0 aliphatic carbocycles. The summed E-state index contributed by atoms with van der Waals surface area (Å²) in [4.78, 5) is 11.6. The predicted molar refractivity (Wildman–Crippen MR) is 63.9 cm³/mol. The van der Waals surface area contributed by atoms with Crippen LogP contribution < -0.4 is 10.5 Å². The first-order chi connectivity index (χ1) is 7.69. The fourth-order valence-electron chi connectivity index (χ4n) is 1.54. The van der Waals surface area contributed by atoms with Crippen molar-refractivity contribution in [2.45, 2.75) is 0 Å². The minimum absolute atomic E-state index is 0.0366. The Morgan fingerprint density at radius 2 is 2.38 bits per heavy atom. The molecule has 0 spiro atoms. The van der Waals surface area contributed by atoms with E-state index in [1.54, 1.807) is 18.4 Å². The molecule has 0 aliphatic rings. The van der Waals surface area contributed by atoms with Crippen LogP contribution in [-0.4, -0.2) is 19.4 Å². The molecule has 0 radical (unpaired) electrons. The van der Waals surface area contributed by atoms with Crippen LogP contribution in [0.5, 0.6) is 5.75 Å². The van der Waals surface area contributed by atoms with E-state index in [0.29, 0.717) is 21.4 Å². The molecule has 1 aromatic heterocycles. The quantitative estimate of drug-likeness (QED) is 0.878. The molecule has 5 heteroatoms. The van der Waals surface area contributed by atoms with Crippen LogP contribution in [-0.2, 0) is 0 Å². The molecular formula is C11H10BrNO3. The van der Waals surface area contributed by atoms with Crippen LogP contribution in [0.2, 0.25) is 0 Å². The normalized spacial score (nSPS) is 10.7. The van der Waals surface area contributed by atoms with Crippen molar-refractivity contribution >= 4 is 32.7 Å². The minimum Gasteiger partial charge on any atom is -0.493 e. The van der Waals surface area contributed by atoms with E-state index in [4.69, 9.17) is 14.9 Å². The van der Waals surface area contributed by atoms with Gasteiger partial charge in [0.15, 0.2) is 17.1 Å². The van der Waals surface area contributed by atoms with Crippen molar-refractivity contribution in [1.82, 2.24) is 0 Å². The molecule has 0 saturated carbocycles. The summed E-state index contributed by atoms with van der Waals surface area (Å²) in [5.74, 6) is 0.383. The molecule has 2 rings (SSSR count). The summed E-state index contributed by atoms with van der Waals surface area (Å²) in [5.41, 5.74) is 6.47. The maximum atomic E-state index is 11.6. The van der Waals surface area contributed by atoms with Crippen molar-refractivity contribution in [3.05, 3.63) is 28.4 Å². The third-order valence-electron chi connectivity index (χ3n) is 2.34. The number of carbonyl (C=O) groups is 1. The summed E-state index contributed by atoms with van der Waals surface area (Å²) in [6.45, 7) is -0.0366. The van der Waals surface area contributed by atoms with E-state index in [1.165, 1.54) is 7.11 Å². The molecule has 1 aromatic carbocycles. The Labute approximate surface area is 100 Å². The van der Waals surface area contributed by atoms with Gasteiger partial charge in [-0.1, -0.05) is 0 Å². The highest BCUT2D eigenvalue weighted by molar-refractivity contribution is 9.10. The van der Waals surface area contributed by atoms with Crippen LogP contribution in [0, 0.1) is 0 Å². The smallest absolute Gasteiger partial charge is 0.177 e. The van der Waals surface area contributed by atoms with Gasteiger partial charge in [0, 0.05) is 15.4 Å². The molecule has 84 valence electrons. The van der Waals surface area contributed by atoms with Crippen LogP contribution >= 0.6 is 15.9 Å². The van der Waals surface area contributed by atoms with Crippen molar-refractivity contribution < 1.29 is 13.9 Å². The number of ketones is 1. The number of rotatable bonds is 3. The zero-order chi connectivity index (χ0) is 11.7. The van der Waals surface area contributed by atoms with Crippen LogP contribution in [0.25, 0.3) is 11.0 Å². The van der Waals surface area contributed by atoms with Gasteiger partial charge in [-0.05, 0) is 28.1 Å². The fourth-order valence-corrected chi connectivity index (χ4v) is 2.19. The van der Waals surface area contributed by atoms with Gasteiger partial charge in [0.25, 0.3) is 0 Å². The van der Waals surface area contributed by atoms with Crippen LogP contribution in [0.15, 0.2) is 27.3 Å². The van der Waals surface area contributed by atoms with Gasteiger partial charge in [-0.15, -0.1) is 0 Å². The number of halogens is 1. The van der Waals surface area contributed by atoms with Gasteiger partial charge in [-0.25, -0.2) is 0 Å². The average molecular weight is 284 g/mol. The molecule has 2 N–H and O–H groups in total. The number of ether oxygens (including phenoxy) is 1. The summed E-state index contributed by atoms with van der Waals surface area (Å²) in [6.07, 6.45) is 1.55. The first-order valence-electron chi connectivity index (χ1n) is 4.66. The Morgan fingerprint density at radius 1 is 1.62 bits per heavy atom. The third kappa shape index (κ3) is 1.62. The summed E-state index contributed by atoms with van der Waals surface area (Å²) in [6, 6.07) is 3.40. The second-order valence-corrected chi connectivity index (χ2v) is 4.02. The number of methoxy groups -OCH3 is 1. The van der Waals surface area contributed by atoms with E-state index in [2.05, 4.69) is 15.9 Å². The maximum Gasteiger partial charge on any atom is 0.177 e. The van der Waals surface area contributed by atoms with Gasteiger partial charge in [-0.2, -0.15) is 0 Å². The number of benzene rings is 1. The largest absolute Gasteiger partial charge is 0.493 e. The van der Waals surface area contributed by atoms with Crippen LogP contribution in [0.4, 0.5) is 0 Å². The number of hydrogen-bond donors (Lipinski definition) is 1.